The molecule has 33 heavy (non-hydrogen) atoms. The monoisotopic (exact) mass is 459 g/mol. The first kappa shape index (κ1) is 22.4. The van der Waals surface area contributed by atoms with Gasteiger partial charge in [-0.1, -0.05) is 55.9 Å². The number of para-hydroxylation sites is 1. The number of nitrogen functional groups attached to an aromatic ring is 1. The quantitative estimate of drug-likeness (QED) is 0.517. The zero-order valence-corrected chi connectivity index (χ0v) is 19.5. The maximum Gasteiger partial charge on any atom is 0.142 e. The zero-order valence-electron chi connectivity index (χ0n) is 18.7. The van der Waals surface area contributed by atoms with E-state index in [0.29, 0.717) is 17.5 Å². The van der Waals surface area contributed by atoms with Crippen molar-refractivity contribution in [3.8, 4) is 0 Å². The van der Waals surface area contributed by atoms with Crippen LogP contribution in [0.4, 0.5) is 23.0 Å². The highest BCUT2D eigenvalue weighted by Crippen LogP contribution is 2.40. The molecule has 0 aliphatic carbocycles. The molecule has 2 aliphatic heterocycles. The maximum atomic E-state index is 6.32. The van der Waals surface area contributed by atoms with Crippen molar-refractivity contribution in [3.05, 3.63) is 84.2 Å². The third-order valence-electron chi connectivity index (χ3n) is 5.50. The van der Waals surface area contributed by atoms with E-state index in [0.717, 1.165) is 52.0 Å². The van der Waals surface area contributed by atoms with Crippen molar-refractivity contribution in [2.75, 3.05) is 29.7 Å². The van der Waals surface area contributed by atoms with Gasteiger partial charge in [0.2, 0.25) is 0 Å². The van der Waals surface area contributed by atoms with E-state index in [9.17, 15) is 0 Å². The van der Waals surface area contributed by atoms with Crippen LogP contribution in [-0.4, -0.2) is 34.4 Å². The van der Waals surface area contributed by atoms with Gasteiger partial charge in [-0.2, -0.15) is 0 Å². The first-order chi connectivity index (χ1) is 15.9. The smallest absolute Gasteiger partial charge is 0.142 e. The Balaban J connectivity index is 0.000000172. The van der Waals surface area contributed by atoms with Crippen molar-refractivity contribution >= 4 is 51.8 Å². The number of aliphatic imine (C=N–C) groups is 1. The van der Waals surface area contributed by atoms with Gasteiger partial charge in [-0.05, 0) is 24.3 Å². The number of nitrogens with two attached hydrogens (primary N) is 1. The number of amidine groups is 1. The Morgan fingerprint density at radius 3 is 2.52 bits per heavy atom. The molecule has 0 radical (unpaired) electrons. The number of fused-ring (bicyclic) bond motifs is 2. The first-order valence-electron chi connectivity index (χ1n) is 10.6. The summed E-state index contributed by atoms with van der Waals surface area (Å²) in [7, 11) is 1.94. The molecule has 0 fully saturated rings. The van der Waals surface area contributed by atoms with Gasteiger partial charge in [0.05, 0.1) is 28.6 Å². The molecule has 0 atom stereocenters. The molecule has 8 heteroatoms. The molecule has 3 aromatic rings. The van der Waals surface area contributed by atoms with Crippen molar-refractivity contribution in [3.63, 3.8) is 0 Å². The molecular weight excluding hydrogens is 434 g/mol. The molecule has 0 spiro atoms. The standard InChI is InChI=1S/C17H15ClN2.C8H11N5/c1-3-16-19-15-11-7-10-14(18)17(15)12(2)20(16)13-8-5-4-6-9-13;1-5-6-7(9)10-3-11-8(6)12-4-13(5)2/h4-11H,2-3H2,1H3;3H,1,4H2,2H3,(H3,9,10,11,12). The fourth-order valence-corrected chi connectivity index (χ4v) is 4.04. The Kier molecular flexibility index (Phi) is 6.33. The molecular formula is C25H26ClN7. The molecule has 0 amide bonds. The maximum absolute atomic E-state index is 6.32. The molecule has 168 valence electrons. The Morgan fingerprint density at radius 2 is 1.79 bits per heavy atom. The summed E-state index contributed by atoms with van der Waals surface area (Å²) in [6.45, 7) is 10.9. The average Bonchev–Trinajstić information content (AvgIpc) is 2.82. The summed E-state index contributed by atoms with van der Waals surface area (Å²) >= 11 is 6.32. The minimum absolute atomic E-state index is 0.467. The van der Waals surface area contributed by atoms with Crippen molar-refractivity contribution in [2.45, 2.75) is 13.3 Å². The van der Waals surface area contributed by atoms with Crippen LogP contribution in [0, 0.1) is 0 Å². The van der Waals surface area contributed by atoms with Gasteiger partial charge in [0, 0.05) is 30.4 Å². The largest absolute Gasteiger partial charge is 0.383 e. The molecule has 0 saturated carbocycles. The lowest BCUT2D eigenvalue weighted by atomic mass is 10.1. The highest BCUT2D eigenvalue weighted by atomic mass is 35.5. The van der Waals surface area contributed by atoms with Crippen LogP contribution in [0.5, 0.6) is 0 Å². The van der Waals surface area contributed by atoms with Crippen LogP contribution in [0.25, 0.3) is 11.4 Å². The molecule has 0 saturated heterocycles. The number of hydrogen-bond donors (Lipinski definition) is 2. The van der Waals surface area contributed by atoms with Crippen LogP contribution < -0.4 is 16.0 Å². The fraction of sp³-hybridized carbons (Fsp3) is 0.160. The summed E-state index contributed by atoms with van der Waals surface area (Å²) in [5.74, 6) is 2.21. The van der Waals surface area contributed by atoms with E-state index < -0.39 is 0 Å². The highest BCUT2D eigenvalue weighted by Gasteiger charge is 2.25. The van der Waals surface area contributed by atoms with Crippen LogP contribution in [-0.2, 0) is 0 Å². The number of halogens is 1. The zero-order chi connectivity index (χ0) is 23.5. The minimum Gasteiger partial charge on any atom is -0.383 e. The lowest BCUT2D eigenvalue weighted by molar-refractivity contribution is 0.506. The fourth-order valence-electron chi connectivity index (χ4n) is 3.76. The predicted octanol–water partition coefficient (Wildman–Crippen LogP) is 5.62. The number of rotatable bonds is 2. The van der Waals surface area contributed by atoms with Gasteiger partial charge in [-0.25, -0.2) is 15.0 Å². The second-order valence-electron chi connectivity index (χ2n) is 7.60. The third-order valence-corrected chi connectivity index (χ3v) is 5.81. The summed E-state index contributed by atoms with van der Waals surface area (Å²) < 4.78 is 0. The summed E-state index contributed by atoms with van der Waals surface area (Å²) in [5.41, 5.74) is 11.1. The number of aromatic nitrogens is 2. The van der Waals surface area contributed by atoms with Crippen LogP contribution in [0.15, 0.2) is 73.0 Å². The normalized spacial score (nSPS) is 14.5. The SMILES string of the molecule is C=C1c2c(Cl)cccc2N=C(CC)N1c1ccccc1.C=C1c2c(N)ncnc2NCN1C. The molecule has 3 heterocycles. The minimum atomic E-state index is 0.467. The summed E-state index contributed by atoms with van der Waals surface area (Å²) in [4.78, 5) is 16.8. The van der Waals surface area contributed by atoms with Crippen LogP contribution >= 0.6 is 11.6 Å². The van der Waals surface area contributed by atoms with Gasteiger partial charge >= 0.3 is 0 Å². The summed E-state index contributed by atoms with van der Waals surface area (Å²) in [6.07, 6.45) is 2.28. The van der Waals surface area contributed by atoms with Crippen LogP contribution in [0.2, 0.25) is 5.02 Å². The number of nitrogens with one attached hydrogen (secondary N) is 1. The second kappa shape index (κ2) is 9.34. The van der Waals surface area contributed by atoms with E-state index in [2.05, 4.69) is 52.4 Å². The number of benzene rings is 2. The van der Waals surface area contributed by atoms with E-state index in [1.807, 2.05) is 48.3 Å². The predicted molar refractivity (Wildman–Crippen MR) is 139 cm³/mol. The van der Waals surface area contributed by atoms with Crippen molar-refractivity contribution < 1.29 is 0 Å². The second-order valence-corrected chi connectivity index (χ2v) is 8.00. The van der Waals surface area contributed by atoms with Crippen molar-refractivity contribution in [1.82, 2.24) is 14.9 Å². The number of nitrogens with zero attached hydrogens (tertiary/aromatic N) is 5. The number of hydrogen-bond acceptors (Lipinski definition) is 7. The number of anilines is 3. The van der Waals surface area contributed by atoms with Gasteiger partial charge in [-0.3, -0.25) is 4.90 Å². The van der Waals surface area contributed by atoms with E-state index >= 15 is 0 Å². The molecule has 5 rings (SSSR count). The van der Waals surface area contributed by atoms with Gasteiger partial charge in [0.1, 0.15) is 23.8 Å². The Labute approximate surface area is 198 Å². The van der Waals surface area contributed by atoms with E-state index in [1.165, 1.54) is 6.33 Å². The van der Waals surface area contributed by atoms with Crippen molar-refractivity contribution in [1.29, 1.82) is 0 Å². The average molecular weight is 460 g/mol. The van der Waals surface area contributed by atoms with Gasteiger partial charge in [0.15, 0.2) is 0 Å². The molecule has 0 bridgehead atoms. The molecule has 0 unspecified atom stereocenters. The van der Waals surface area contributed by atoms with Crippen molar-refractivity contribution in [2.24, 2.45) is 4.99 Å². The lowest BCUT2D eigenvalue weighted by Gasteiger charge is -2.32. The molecule has 3 N–H and O–H groups in total. The van der Waals surface area contributed by atoms with E-state index in [-0.39, 0.29) is 0 Å². The van der Waals surface area contributed by atoms with Crippen LogP contribution in [0.1, 0.15) is 24.5 Å². The Hall–Kier alpha value is -3.84. The van der Waals surface area contributed by atoms with Gasteiger partial charge in [0.25, 0.3) is 0 Å². The van der Waals surface area contributed by atoms with E-state index in [4.69, 9.17) is 22.3 Å². The third kappa shape index (κ3) is 4.27. The molecule has 2 aromatic carbocycles. The highest BCUT2D eigenvalue weighted by molar-refractivity contribution is 6.34. The van der Waals surface area contributed by atoms with E-state index in [1.54, 1.807) is 0 Å². The van der Waals surface area contributed by atoms with Gasteiger partial charge < -0.3 is 16.0 Å². The topological polar surface area (TPSA) is 82.7 Å². The molecule has 2 aliphatic rings. The molecule has 1 aromatic heterocycles. The Morgan fingerprint density at radius 1 is 1.03 bits per heavy atom. The van der Waals surface area contributed by atoms with Crippen LogP contribution in [0.3, 0.4) is 0 Å². The molecule has 7 nitrogen and oxygen atoms in total. The Bertz CT molecular complexity index is 1240. The lowest BCUT2D eigenvalue weighted by Crippen LogP contribution is -2.30. The summed E-state index contributed by atoms with van der Waals surface area (Å²) in [5, 5.41) is 3.80. The first-order valence-corrected chi connectivity index (χ1v) is 11.0. The van der Waals surface area contributed by atoms with Gasteiger partial charge in [-0.15, -0.1) is 0 Å². The summed E-state index contributed by atoms with van der Waals surface area (Å²) in [6, 6.07) is 15.9.